The summed E-state index contributed by atoms with van der Waals surface area (Å²) in [7, 11) is 0. The molecule has 0 bridgehead atoms. The maximum atomic E-state index is 12.7. The Hall–Kier alpha value is -4.73. The number of carbonyl (C=O) groups excluding carboxylic acids is 2. The highest BCUT2D eigenvalue weighted by atomic mass is 16.5. The number of carbonyl (C=O) groups is 2. The number of nitrogens with one attached hydrogen (secondary N) is 3. The van der Waals surface area contributed by atoms with E-state index in [1.54, 1.807) is 60.7 Å². The molecule has 0 saturated carbocycles. The lowest BCUT2D eigenvalue weighted by Gasteiger charge is -2.15. The quantitative estimate of drug-likeness (QED) is 0.0753. The van der Waals surface area contributed by atoms with E-state index < -0.39 is 0 Å². The van der Waals surface area contributed by atoms with Crippen LogP contribution in [0.4, 0.5) is 29.2 Å². The minimum atomic E-state index is -0.337. The van der Waals surface area contributed by atoms with Crippen LogP contribution in [0.25, 0.3) is 0 Å². The van der Waals surface area contributed by atoms with Crippen molar-refractivity contribution in [1.29, 1.82) is 0 Å². The van der Waals surface area contributed by atoms with Gasteiger partial charge in [-0.3, -0.25) is 0 Å². The number of esters is 2. The molecule has 10 nitrogen and oxygen atoms in total. The Balaban J connectivity index is 1.70. The SMILES string of the molecule is C=C/C=C(\C)Nc1nc(Nc2ccc(C(=O)OCC(CC)CCCC)cc2)nc(Nc2ccc(C(=O)OCC(CC)CCCC)cc2)n1. The van der Waals surface area contributed by atoms with Gasteiger partial charge in [0, 0.05) is 17.1 Å². The maximum Gasteiger partial charge on any atom is 0.338 e. The average molecular weight is 657 g/mol. The molecule has 0 aliphatic carbocycles. The Kier molecular flexibility index (Phi) is 16.1. The van der Waals surface area contributed by atoms with E-state index in [1.165, 1.54) is 0 Å². The smallest absolute Gasteiger partial charge is 0.338 e. The van der Waals surface area contributed by atoms with Crippen molar-refractivity contribution >= 4 is 41.2 Å². The zero-order chi connectivity index (χ0) is 34.7. The van der Waals surface area contributed by atoms with Crippen LogP contribution in [0.1, 0.15) is 107 Å². The molecule has 1 heterocycles. The summed E-state index contributed by atoms with van der Waals surface area (Å²) in [6, 6.07) is 14.0. The van der Waals surface area contributed by atoms with E-state index in [0.29, 0.717) is 53.5 Å². The second-order valence-corrected chi connectivity index (χ2v) is 12.0. The summed E-state index contributed by atoms with van der Waals surface area (Å²) in [5, 5.41) is 9.54. The highest BCUT2D eigenvalue weighted by Gasteiger charge is 2.15. The molecule has 3 rings (SSSR count). The van der Waals surface area contributed by atoms with Gasteiger partial charge in [-0.1, -0.05) is 78.9 Å². The van der Waals surface area contributed by atoms with E-state index in [4.69, 9.17) is 9.47 Å². The molecule has 2 atom stereocenters. The molecular formula is C38H52N6O4. The third-order valence-electron chi connectivity index (χ3n) is 8.05. The molecule has 10 heteroatoms. The second kappa shape index (κ2) is 20.5. The van der Waals surface area contributed by atoms with E-state index in [2.05, 4.69) is 65.2 Å². The average Bonchev–Trinajstić information content (AvgIpc) is 3.09. The fourth-order valence-electron chi connectivity index (χ4n) is 4.93. The first kappa shape index (κ1) is 37.7. The van der Waals surface area contributed by atoms with Gasteiger partial charge in [0.05, 0.1) is 24.3 Å². The Morgan fingerprint density at radius 1 is 0.708 bits per heavy atom. The van der Waals surface area contributed by atoms with Gasteiger partial charge in [-0.25, -0.2) is 9.59 Å². The zero-order valence-corrected chi connectivity index (χ0v) is 29.2. The van der Waals surface area contributed by atoms with Crippen molar-refractivity contribution in [2.45, 2.75) is 86.0 Å². The monoisotopic (exact) mass is 656 g/mol. The first-order chi connectivity index (χ1) is 23.3. The fourth-order valence-corrected chi connectivity index (χ4v) is 4.93. The van der Waals surface area contributed by atoms with Crippen molar-refractivity contribution in [3.05, 3.63) is 84.1 Å². The summed E-state index contributed by atoms with van der Waals surface area (Å²) < 4.78 is 11.2. The number of nitrogens with zero attached hydrogens (tertiary/aromatic N) is 3. The Morgan fingerprint density at radius 3 is 1.50 bits per heavy atom. The summed E-state index contributed by atoms with van der Waals surface area (Å²) in [5.74, 6) is 0.962. The molecule has 0 saturated heterocycles. The van der Waals surface area contributed by atoms with E-state index in [0.717, 1.165) is 57.1 Å². The van der Waals surface area contributed by atoms with Crippen molar-refractivity contribution < 1.29 is 19.1 Å². The van der Waals surface area contributed by atoms with Gasteiger partial charge in [-0.05, 0) is 86.2 Å². The highest BCUT2D eigenvalue weighted by Crippen LogP contribution is 2.22. The number of aromatic nitrogens is 3. The number of rotatable bonds is 21. The normalized spacial score (nSPS) is 12.5. The van der Waals surface area contributed by atoms with Gasteiger partial charge in [0.15, 0.2) is 0 Å². The van der Waals surface area contributed by atoms with Crippen LogP contribution >= 0.6 is 0 Å². The summed E-state index contributed by atoms with van der Waals surface area (Å²) >= 11 is 0. The van der Waals surface area contributed by atoms with Crippen LogP contribution in [-0.4, -0.2) is 40.1 Å². The van der Waals surface area contributed by atoms with Crippen LogP contribution < -0.4 is 16.0 Å². The molecular weight excluding hydrogens is 604 g/mol. The Labute approximate surface area is 285 Å². The molecule has 2 aromatic carbocycles. The molecule has 258 valence electrons. The lowest BCUT2D eigenvalue weighted by molar-refractivity contribution is 0.0419. The minimum Gasteiger partial charge on any atom is -0.462 e. The van der Waals surface area contributed by atoms with Gasteiger partial charge >= 0.3 is 11.9 Å². The third-order valence-corrected chi connectivity index (χ3v) is 8.05. The van der Waals surface area contributed by atoms with Gasteiger partial charge in [-0.2, -0.15) is 15.0 Å². The second-order valence-electron chi connectivity index (χ2n) is 12.0. The van der Waals surface area contributed by atoms with Gasteiger partial charge in [0.25, 0.3) is 0 Å². The van der Waals surface area contributed by atoms with Crippen molar-refractivity contribution in [1.82, 2.24) is 15.0 Å². The molecule has 48 heavy (non-hydrogen) atoms. The predicted octanol–water partition coefficient (Wildman–Crippen LogP) is 9.61. The standard InChI is InChI=1S/C38H52N6O4/c1-7-12-15-28(10-4)25-47-34(45)30-17-21-32(22-18-30)40-37-42-36(39-27(6)14-9-3)43-38(44-37)41-33-23-19-31(20-24-33)35(46)48-26-29(11-5)16-13-8-2/h9,14,17-24,28-29H,3,7-8,10-13,15-16,25-26H2,1-2,4-6H3,(H3,39,40,41,42,43,44)/b27-14+. The number of unbranched alkanes of at least 4 members (excludes halogenated alkanes) is 2. The number of hydrogen-bond donors (Lipinski definition) is 3. The lowest BCUT2D eigenvalue weighted by Crippen LogP contribution is -2.14. The van der Waals surface area contributed by atoms with Crippen LogP contribution in [0.3, 0.4) is 0 Å². The van der Waals surface area contributed by atoms with Crippen LogP contribution in [0.15, 0.2) is 73.0 Å². The molecule has 0 aliphatic rings. The summed E-state index contributed by atoms with van der Waals surface area (Å²) in [4.78, 5) is 38.9. The summed E-state index contributed by atoms with van der Waals surface area (Å²) in [6.07, 6.45) is 12.1. The zero-order valence-electron chi connectivity index (χ0n) is 29.2. The molecule has 0 amide bonds. The lowest BCUT2D eigenvalue weighted by atomic mass is 10.0. The summed E-state index contributed by atoms with van der Waals surface area (Å²) in [6.45, 7) is 15.1. The minimum absolute atomic E-state index is 0.284. The molecule has 0 radical (unpaired) electrons. The first-order valence-electron chi connectivity index (χ1n) is 17.2. The Morgan fingerprint density at radius 2 is 1.12 bits per heavy atom. The number of hydrogen-bond acceptors (Lipinski definition) is 10. The molecule has 3 aromatic rings. The van der Waals surface area contributed by atoms with Crippen LogP contribution in [0.2, 0.25) is 0 Å². The van der Waals surface area contributed by atoms with E-state index in [1.807, 2.05) is 6.92 Å². The maximum absolute atomic E-state index is 12.7. The molecule has 3 N–H and O–H groups in total. The van der Waals surface area contributed by atoms with Gasteiger partial charge in [0.1, 0.15) is 0 Å². The first-order valence-corrected chi connectivity index (χ1v) is 17.2. The van der Waals surface area contributed by atoms with E-state index in [-0.39, 0.29) is 23.8 Å². The molecule has 1 aromatic heterocycles. The highest BCUT2D eigenvalue weighted by molar-refractivity contribution is 5.90. The molecule has 0 aliphatic heterocycles. The van der Waals surface area contributed by atoms with Gasteiger partial charge < -0.3 is 25.4 Å². The van der Waals surface area contributed by atoms with E-state index >= 15 is 0 Å². The van der Waals surface area contributed by atoms with E-state index in [9.17, 15) is 9.59 Å². The van der Waals surface area contributed by atoms with Crippen molar-refractivity contribution in [2.75, 3.05) is 29.2 Å². The Bertz CT molecular complexity index is 1380. The predicted molar refractivity (Wildman–Crippen MR) is 194 cm³/mol. The number of allylic oxidation sites excluding steroid dienone is 3. The molecule has 0 fully saturated rings. The topological polar surface area (TPSA) is 127 Å². The van der Waals surface area contributed by atoms with Gasteiger partial charge in [0.2, 0.25) is 17.8 Å². The molecule has 2 unspecified atom stereocenters. The van der Waals surface area contributed by atoms with Crippen LogP contribution in [-0.2, 0) is 9.47 Å². The van der Waals surface area contributed by atoms with Crippen molar-refractivity contribution in [2.24, 2.45) is 11.8 Å². The number of benzene rings is 2. The third kappa shape index (κ3) is 12.8. The van der Waals surface area contributed by atoms with Crippen molar-refractivity contribution in [3.8, 4) is 0 Å². The largest absolute Gasteiger partial charge is 0.462 e. The van der Waals surface area contributed by atoms with Crippen LogP contribution in [0.5, 0.6) is 0 Å². The molecule has 0 spiro atoms. The number of anilines is 5. The van der Waals surface area contributed by atoms with Crippen molar-refractivity contribution in [3.63, 3.8) is 0 Å². The summed E-state index contributed by atoms with van der Waals surface area (Å²) in [5.41, 5.74) is 3.12. The van der Waals surface area contributed by atoms with Crippen LogP contribution in [0, 0.1) is 11.8 Å². The van der Waals surface area contributed by atoms with Gasteiger partial charge in [-0.15, -0.1) is 0 Å². The fraction of sp³-hybridized carbons (Fsp3) is 0.447. The number of ether oxygens (including phenoxy) is 2.